The summed E-state index contributed by atoms with van der Waals surface area (Å²) in [6.07, 6.45) is 2.66. The Hall–Kier alpha value is -0.570. The zero-order valence-corrected chi connectivity index (χ0v) is 9.72. The van der Waals surface area contributed by atoms with Gasteiger partial charge >= 0.3 is 0 Å². The summed E-state index contributed by atoms with van der Waals surface area (Å²) in [5.41, 5.74) is 1.29. The molecule has 82 valence electrons. The minimum Gasteiger partial charge on any atom is -0.312 e. The zero-order chi connectivity index (χ0) is 10.7. The van der Waals surface area contributed by atoms with Crippen LogP contribution in [0.3, 0.4) is 0 Å². The number of hydrogen-bond donors (Lipinski definition) is 2. The highest BCUT2D eigenvalue weighted by molar-refractivity contribution is 6.30. The summed E-state index contributed by atoms with van der Waals surface area (Å²) in [5, 5.41) is 7.64. The van der Waals surface area contributed by atoms with Crippen LogP contribution in [0.5, 0.6) is 0 Å². The van der Waals surface area contributed by atoms with Crippen LogP contribution in [0.25, 0.3) is 0 Å². The molecular weight excluding hydrogens is 208 g/mol. The van der Waals surface area contributed by atoms with Crippen molar-refractivity contribution in [1.82, 2.24) is 10.6 Å². The van der Waals surface area contributed by atoms with Crippen LogP contribution in [0, 0.1) is 0 Å². The number of halogens is 1. The third-order valence-corrected chi connectivity index (χ3v) is 3.06. The monoisotopic (exact) mass is 224 g/mol. The Bertz CT molecular complexity index is 306. The smallest absolute Gasteiger partial charge is 0.0444 e. The van der Waals surface area contributed by atoms with Crippen molar-refractivity contribution < 1.29 is 0 Å². The molecule has 0 amide bonds. The van der Waals surface area contributed by atoms with E-state index in [1.807, 2.05) is 19.2 Å². The quantitative estimate of drug-likeness (QED) is 0.803. The van der Waals surface area contributed by atoms with Crippen molar-refractivity contribution in [2.45, 2.75) is 24.9 Å². The third-order valence-electron chi connectivity index (χ3n) is 2.81. The Labute approximate surface area is 96.0 Å². The standard InChI is InChI=1S/C12H17ClN2/c1-14-12(8-15-11-6-7-11)9-2-4-10(13)5-3-9/h2-5,11-12,14-15H,6-8H2,1H3. The SMILES string of the molecule is CNC(CNC1CC1)c1ccc(Cl)cc1. The van der Waals surface area contributed by atoms with Gasteiger partial charge in [-0.1, -0.05) is 23.7 Å². The minimum atomic E-state index is 0.378. The fourth-order valence-corrected chi connectivity index (χ4v) is 1.78. The molecule has 2 rings (SSSR count). The number of rotatable bonds is 5. The van der Waals surface area contributed by atoms with Crippen molar-refractivity contribution in [1.29, 1.82) is 0 Å². The first-order valence-electron chi connectivity index (χ1n) is 5.45. The second-order valence-corrected chi connectivity index (χ2v) is 4.51. The van der Waals surface area contributed by atoms with Gasteiger partial charge in [0.2, 0.25) is 0 Å². The van der Waals surface area contributed by atoms with Gasteiger partial charge in [-0.25, -0.2) is 0 Å². The van der Waals surface area contributed by atoms with Crippen LogP contribution >= 0.6 is 11.6 Å². The van der Waals surface area contributed by atoms with E-state index < -0.39 is 0 Å². The van der Waals surface area contributed by atoms with Crippen LogP contribution in [0.15, 0.2) is 24.3 Å². The Morgan fingerprint density at radius 1 is 1.33 bits per heavy atom. The third kappa shape index (κ3) is 3.20. The van der Waals surface area contributed by atoms with E-state index in [9.17, 15) is 0 Å². The van der Waals surface area contributed by atoms with Crippen LogP contribution in [0.2, 0.25) is 5.02 Å². The molecule has 1 unspecified atom stereocenters. The molecule has 1 aliphatic rings. The molecule has 0 bridgehead atoms. The van der Waals surface area contributed by atoms with E-state index >= 15 is 0 Å². The van der Waals surface area contributed by atoms with Gasteiger partial charge in [0.05, 0.1) is 0 Å². The van der Waals surface area contributed by atoms with Crippen molar-refractivity contribution in [2.24, 2.45) is 0 Å². The van der Waals surface area contributed by atoms with Crippen LogP contribution in [0.1, 0.15) is 24.4 Å². The van der Waals surface area contributed by atoms with Crippen molar-refractivity contribution in [2.75, 3.05) is 13.6 Å². The first-order chi connectivity index (χ1) is 7.29. The molecule has 1 aliphatic carbocycles. The van der Waals surface area contributed by atoms with Crippen molar-refractivity contribution in [3.05, 3.63) is 34.9 Å². The van der Waals surface area contributed by atoms with E-state index in [2.05, 4.69) is 22.8 Å². The Balaban J connectivity index is 1.94. The molecule has 0 aliphatic heterocycles. The first-order valence-corrected chi connectivity index (χ1v) is 5.83. The lowest BCUT2D eigenvalue weighted by Crippen LogP contribution is -2.30. The summed E-state index contributed by atoms with van der Waals surface area (Å²) in [4.78, 5) is 0. The summed E-state index contributed by atoms with van der Waals surface area (Å²) in [6, 6.07) is 9.18. The van der Waals surface area contributed by atoms with Gasteiger partial charge in [0.15, 0.2) is 0 Å². The Kier molecular flexibility index (Phi) is 3.62. The molecule has 0 saturated heterocycles. The van der Waals surface area contributed by atoms with E-state index in [1.165, 1.54) is 18.4 Å². The normalized spacial score (nSPS) is 17.7. The maximum absolute atomic E-state index is 5.86. The molecular formula is C12H17ClN2. The van der Waals surface area contributed by atoms with E-state index in [4.69, 9.17) is 11.6 Å². The first kappa shape index (κ1) is 10.9. The molecule has 2 nitrogen and oxygen atoms in total. The van der Waals surface area contributed by atoms with Gasteiger partial charge in [-0.05, 0) is 37.6 Å². The molecule has 2 N–H and O–H groups in total. The van der Waals surface area contributed by atoms with Crippen LogP contribution in [-0.2, 0) is 0 Å². The van der Waals surface area contributed by atoms with Gasteiger partial charge < -0.3 is 10.6 Å². The molecule has 1 fully saturated rings. The van der Waals surface area contributed by atoms with E-state index in [0.717, 1.165) is 17.6 Å². The van der Waals surface area contributed by atoms with E-state index in [1.54, 1.807) is 0 Å². The molecule has 1 aromatic carbocycles. The summed E-state index contributed by atoms with van der Waals surface area (Å²) in [7, 11) is 1.99. The van der Waals surface area contributed by atoms with Gasteiger partial charge in [0.25, 0.3) is 0 Å². The fraction of sp³-hybridized carbons (Fsp3) is 0.500. The molecule has 0 heterocycles. The lowest BCUT2D eigenvalue weighted by atomic mass is 10.1. The summed E-state index contributed by atoms with van der Waals surface area (Å²) >= 11 is 5.86. The zero-order valence-electron chi connectivity index (χ0n) is 8.96. The van der Waals surface area contributed by atoms with Crippen LogP contribution in [0.4, 0.5) is 0 Å². The topological polar surface area (TPSA) is 24.1 Å². The molecule has 1 aromatic rings. The highest BCUT2D eigenvalue weighted by Crippen LogP contribution is 2.21. The fourth-order valence-electron chi connectivity index (χ4n) is 1.65. The Morgan fingerprint density at radius 2 is 2.00 bits per heavy atom. The second-order valence-electron chi connectivity index (χ2n) is 4.08. The second kappa shape index (κ2) is 4.97. The van der Waals surface area contributed by atoms with Gasteiger partial charge in [-0.2, -0.15) is 0 Å². The molecule has 1 atom stereocenters. The van der Waals surface area contributed by atoms with Crippen LogP contribution < -0.4 is 10.6 Å². The lowest BCUT2D eigenvalue weighted by Gasteiger charge is -2.17. The van der Waals surface area contributed by atoms with Crippen molar-refractivity contribution >= 4 is 11.6 Å². The lowest BCUT2D eigenvalue weighted by molar-refractivity contribution is 0.526. The van der Waals surface area contributed by atoms with Gasteiger partial charge in [-0.15, -0.1) is 0 Å². The molecule has 0 spiro atoms. The maximum Gasteiger partial charge on any atom is 0.0444 e. The number of nitrogens with one attached hydrogen (secondary N) is 2. The van der Waals surface area contributed by atoms with Crippen molar-refractivity contribution in [3.63, 3.8) is 0 Å². The summed E-state index contributed by atoms with van der Waals surface area (Å²) in [6.45, 7) is 0.989. The summed E-state index contributed by atoms with van der Waals surface area (Å²) in [5.74, 6) is 0. The van der Waals surface area contributed by atoms with Gasteiger partial charge in [0.1, 0.15) is 0 Å². The summed E-state index contributed by atoms with van der Waals surface area (Å²) < 4.78 is 0. The molecule has 1 saturated carbocycles. The average Bonchev–Trinajstić information content (AvgIpc) is 3.05. The molecule has 0 radical (unpaired) electrons. The van der Waals surface area contributed by atoms with Crippen LogP contribution in [-0.4, -0.2) is 19.6 Å². The van der Waals surface area contributed by atoms with Gasteiger partial charge in [0, 0.05) is 23.7 Å². The largest absolute Gasteiger partial charge is 0.312 e. The predicted molar refractivity (Wildman–Crippen MR) is 64.3 cm³/mol. The number of likely N-dealkylation sites (N-methyl/N-ethyl adjacent to an activating group) is 1. The van der Waals surface area contributed by atoms with Crippen molar-refractivity contribution in [3.8, 4) is 0 Å². The van der Waals surface area contributed by atoms with Gasteiger partial charge in [-0.3, -0.25) is 0 Å². The molecule has 3 heteroatoms. The molecule has 0 aromatic heterocycles. The number of benzene rings is 1. The predicted octanol–water partition coefficient (Wildman–Crippen LogP) is 2.35. The minimum absolute atomic E-state index is 0.378. The van der Waals surface area contributed by atoms with E-state index in [-0.39, 0.29) is 0 Å². The Morgan fingerprint density at radius 3 is 2.53 bits per heavy atom. The average molecular weight is 225 g/mol. The maximum atomic E-state index is 5.86. The molecule has 15 heavy (non-hydrogen) atoms. The highest BCUT2D eigenvalue weighted by Gasteiger charge is 2.21. The number of hydrogen-bond acceptors (Lipinski definition) is 2. The van der Waals surface area contributed by atoms with E-state index in [0.29, 0.717) is 6.04 Å². The highest BCUT2D eigenvalue weighted by atomic mass is 35.5.